The summed E-state index contributed by atoms with van der Waals surface area (Å²) in [5.41, 5.74) is 1.90. The summed E-state index contributed by atoms with van der Waals surface area (Å²) < 4.78 is 0. The number of anilines is 1. The van der Waals surface area contributed by atoms with Crippen LogP contribution in [0.1, 0.15) is 11.1 Å². The van der Waals surface area contributed by atoms with Crippen LogP contribution in [-0.4, -0.2) is 16.1 Å². The smallest absolute Gasteiger partial charge is 0.249 e. The Bertz CT molecular complexity index is 529. The third-order valence-electron chi connectivity index (χ3n) is 2.30. The lowest BCUT2D eigenvalue weighted by Crippen LogP contribution is -2.08. The molecule has 2 aromatic rings. The van der Waals surface area contributed by atoms with Crippen molar-refractivity contribution in [3.8, 4) is 0 Å². The van der Waals surface area contributed by atoms with Crippen molar-refractivity contribution in [1.82, 2.24) is 10.2 Å². The van der Waals surface area contributed by atoms with Crippen LogP contribution in [-0.2, 0) is 4.79 Å². The summed E-state index contributed by atoms with van der Waals surface area (Å²) >= 11 is 0. The van der Waals surface area contributed by atoms with Crippen molar-refractivity contribution in [2.75, 3.05) is 5.32 Å². The van der Waals surface area contributed by atoms with E-state index in [1.54, 1.807) is 12.3 Å². The molecule has 1 aromatic carbocycles. The molecule has 0 aliphatic carbocycles. The summed E-state index contributed by atoms with van der Waals surface area (Å²) in [6.45, 7) is 1.88. The van der Waals surface area contributed by atoms with Gasteiger partial charge in [0.25, 0.3) is 0 Å². The molecule has 4 nitrogen and oxygen atoms in total. The molecule has 1 aromatic heterocycles. The number of aromatic nitrogens is 2. The molecule has 0 saturated carbocycles. The van der Waals surface area contributed by atoms with Crippen LogP contribution in [0.25, 0.3) is 6.08 Å². The Morgan fingerprint density at radius 1 is 1.35 bits per heavy atom. The normalized spacial score (nSPS) is 10.6. The minimum absolute atomic E-state index is 0.179. The lowest BCUT2D eigenvalue weighted by molar-refractivity contribution is -0.111. The Kier molecular flexibility index (Phi) is 3.35. The van der Waals surface area contributed by atoms with Gasteiger partial charge in [0.05, 0.1) is 6.20 Å². The van der Waals surface area contributed by atoms with E-state index in [0.29, 0.717) is 5.82 Å². The van der Waals surface area contributed by atoms with Gasteiger partial charge < -0.3 is 5.32 Å². The van der Waals surface area contributed by atoms with Crippen molar-refractivity contribution in [1.29, 1.82) is 0 Å². The highest BCUT2D eigenvalue weighted by atomic mass is 16.1. The second kappa shape index (κ2) is 5.12. The molecule has 2 rings (SSSR count). The van der Waals surface area contributed by atoms with Crippen LogP contribution in [0.3, 0.4) is 0 Å². The largest absolute Gasteiger partial charge is 0.307 e. The fourth-order valence-corrected chi connectivity index (χ4v) is 1.37. The van der Waals surface area contributed by atoms with Crippen molar-refractivity contribution >= 4 is 17.8 Å². The maximum absolute atomic E-state index is 11.6. The number of hydrogen-bond acceptors (Lipinski definition) is 2. The predicted octanol–water partition coefficient (Wildman–Crippen LogP) is 2.37. The summed E-state index contributed by atoms with van der Waals surface area (Å²) in [5, 5.41) is 9.26. The zero-order valence-corrected chi connectivity index (χ0v) is 9.47. The van der Waals surface area contributed by atoms with E-state index in [2.05, 4.69) is 15.5 Å². The van der Waals surface area contributed by atoms with Crippen LogP contribution in [0, 0.1) is 6.92 Å². The summed E-state index contributed by atoms with van der Waals surface area (Å²) in [4.78, 5) is 11.6. The zero-order chi connectivity index (χ0) is 12.1. The molecule has 1 heterocycles. The second-order valence-corrected chi connectivity index (χ2v) is 3.66. The zero-order valence-electron chi connectivity index (χ0n) is 9.47. The molecule has 2 N–H and O–H groups in total. The van der Waals surface area contributed by atoms with E-state index in [1.165, 1.54) is 6.08 Å². The van der Waals surface area contributed by atoms with Crippen LogP contribution in [0.15, 0.2) is 42.6 Å². The van der Waals surface area contributed by atoms with Crippen LogP contribution >= 0.6 is 0 Å². The van der Waals surface area contributed by atoms with Crippen molar-refractivity contribution in [3.05, 3.63) is 53.7 Å². The number of nitrogens with zero attached hydrogens (tertiary/aromatic N) is 1. The molecule has 0 spiro atoms. The molecule has 0 bridgehead atoms. The van der Waals surface area contributed by atoms with E-state index >= 15 is 0 Å². The van der Waals surface area contributed by atoms with Gasteiger partial charge in [0.2, 0.25) is 5.91 Å². The Labute approximate surface area is 99.4 Å². The molecular weight excluding hydrogens is 214 g/mol. The first-order valence-electron chi connectivity index (χ1n) is 5.30. The first-order chi connectivity index (χ1) is 8.25. The molecule has 86 valence electrons. The molecule has 0 atom stereocenters. The number of rotatable bonds is 3. The molecule has 0 radical (unpaired) electrons. The minimum Gasteiger partial charge on any atom is -0.307 e. The third-order valence-corrected chi connectivity index (χ3v) is 2.30. The molecule has 0 saturated heterocycles. The summed E-state index contributed by atoms with van der Waals surface area (Å²) in [5.74, 6) is 0.453. The van der Waals surface area contributed by atoms with Crippen LogP contribution in [0.4, 0.5) is 5.82 Å². The van der Waals surface area contributed by atoms with Gasteiger partial charge in [-0.05, 0) is 18.6 Å². The van der Waals surface area contributed by atoms with E-state index in [4.69, 9.17) is 0 Å². The van der Waals surface area contributed by atoms with Crippen molar-refractivity contribution in [2.45, 2.75) is 6.92 Å². The number of benzene rings is 1. The minimum atomic E-state index is -0.179. The van der Waals surface area contributed by atoms with Gasteiger partial charge in [0.1, 0.15) is 5.82 Å². The molecular formula is C13H13N3O. The van der Waals surface area contributed by atoms with E-state index in [0.717, 1.165) is 11.1 Å². The monoisotopic (exact) mass is 227 g/mol. The van der Waals surface area contributed by atoms with E-state index in [-0.39, 0.29) is 5.91 Å². The maximum atomic E-state index is 11.6. The Hall–Kier alpha value is -2.36. The van der Waals surface area contributed by atoms with Crippen LogP contribution < -0.4 is 5.32 Å². The predicted molar refractivity (Wildman–Crippen MR) is 67.4 cm³/mol. The van der Waals surface area contributed by atoms with E-state index < -0.39 is 0 Å². The van der Waals surface area contributed by atoms with Crippen molar-refractivity contribution < 1.29 is 4.79 Å². The number of aryl methyl sites for hydroxylation is 1. The molecule has 4 heteroatoms. The fourth-order valence-electron chi connectivity index (χ4n) is 1.37. The number of H-pyrrole nitrogens is 1. The summed E-state index contributed by atoms with van der Waals surface area (Å²) in [6.07, 6.45) is 4.92. The highest BCUT2D eigenvalue weighted by Crippen LogP contribution is 2.08. The molecule has 0 fully saturated rings. The van der Waals surface area contributed by atoms with Gasteiger partial charge in [0, 0.05) is 11.6 Å². The molecule has 0 aliphatic heterocycles. The number of amides is 1. The SMILES string of the molecule is Cc1cn[nH]c1NC(=O)/C=C/c1ccccc1. The van der Waals surface area contributed by atoms with Gasteiger partial charge in [-0.3, -0.25) is 9.89 Å². The highest BCUT2D eigenvalue weighted by Gasteiger charge is 2.02. The topological polar surface area (TPSA) is 57.8 Å². The summed E-state index contributed by atoms with van der Waals surface area (Å²) in [6, 6.07) is 9.66. The van der Waals surface area contributed by atoms with Crippen molar-refractivity contribution in [2.24, 2.45) is 0 Å². The fraction of sp³-hybridized carbons (Fsp3) is 0.0769. The van der Waals surface area contributed by atoms with Gasteiger partial charge in [-0.15, -0.1) is 0 Å². The quantitative estimate of drug-likeness (QED) is 0.791. The lowest BCUT2D eigenvalue weighted by Gasteiger charge is -1.99. The van der Waals surface area contributed by atoms with Crippen LogP contribution in [0.5, 0.6) is 0 Å². The number of carbonyl (C=O) groups is 1. The summed E-state index contributed by atoms with van der Waals surface area (Å²) in [7, 11) is 0. The number of carbonyl (C=O) groups excluding carboxylic acids is 1. The number of aromatic amines is 1. The van der Waals surface area contributed by atoms with Gasteiger partial charge in [-0.25, -0.2) is 0 Å². The standard InChI is InChI=1S/C13H13N3O/c1-10-9-14-16-13(10)15-12(17)8-7-11-5-3-2-4-6-11/h2-9H,1H3,(H2,14,15,16,17)/b8-7+. The first-order valence-corrected chi connectivity index (χ1v) is 5.30. The van der Waals surface area contributed by atoms with Gasteiger partial charge in [0.15, 0.2) is 0 Å². The molecule has 0 aliphatic rings. The average molecular weight is 227 g/mol. The van der Waals surface area contributed by atoms with Gasteiger partial charge in [-0.1, -0.05) is 30.3 Å². The van der Waals surface area contributed by atoms with E-state index in [9.17, 15) is 4.79 Å². The highest BCUT2D eigenvalue weighted by molar-refractivity contribution is 6.01. The third kappa shape index (κ3) is 3.04. The van der Waals surface area contributed by atoms with E-state index in [1.807, 2.05) is 37.3 Å². The number of nitrogens with one attached hydrogen (secondary N) is 2. The number of hydrogen-bond donors (Lipinski definition) is 2. The maximum Gasteiger partial charge on any atom is 0.249 e. The van der Waals surface area contributed by atoms with Gasteiger partial charge >= 0.3 is 0 Å². The Balaban J connectivity index is 1.99. The van der Waals surface area contributed by atoms with Crippen molar-refractivity contribution in [3.63, 3.8) is 0 Å². The van der Waals surface area contributed by atoms with Gasteiger partial charge in [-0.2, -0.15) is 5.10 Å². The Morgan fingerprint density at radius 3 is 2.76 bits per heavy atom. The van der Waals surface area contributed by atoms with Crippen LogP contribution in [0.2, 0.25) is 0 Å². The second-order valence-electron chi connectivity index (χ2n) is 3.66. The molecule has 0 unspecified atom stereocenters. The Morgan fingerprint density at radius 2 is 2.12 bits per heavy atom. The first kappa shape index (κ1) is 11.1. The lowest BCUT2D eigenvalue weighted by atomic mass is 10.2. The molecule has 17 heavy (non-hydrogen) atoms. The average Bonchev–Trinajstić information content (AvgIpc) is 2.74. The molecule has 1 amide bonds.